The summed E-state index contributed by atoms with van der Waals surface area (Å²) in [5, 5.41) is 6.53. The van der Waals surface area contributed by atoms with E-state index in [-0.39, 0.29) is 0 Å². The molecule has 0 saturated carbocycles. The standard InChI is InChI=1S/C31H25F3N6OS/c32-31(33,34)21-7-5-20(6-8-21)17-40-19-35-27-29(36-22-9-11-23(12-10-22)39-13-15-41-16-14-39)37-28(38-30(27)40)25-18-42-26-4-2-1-3-24(25)26/h1-12,18-19H,13-17H2,(H,36,37,38). The third-order valence-electron chi connectivity index (χ3n) is 7.33. The van der Waals surface area contributed by atoms with E-state index in [4.69, 9.17) is 14.7 Å². The molecule has 1 fully saturated rings. The number of aromatic nitrogens is 4. The van der Waals surface area contributed by atoms with E-state index in [2.05, 4.69) is 33.4 Å². The Labute approximate surface area is 243 Å². The third-order valence-corrected chi connectivity index (χ3v) is 8.29. The second-order valence-corrected chi connectivity index (χ2v) is 11.0. The maximum absolute atomic E-state index is 13.1. The monoisotopic (exact) mass is 586 g/mol. The Morgan fingerprint density at radius 2 is 1.67 bits per heavy atom. The summed E-state index contributed by atoms with van der Waals surface area (Å²) in [4.78, 5) is 16.7. The molecular weight excluding hydrogens is 561 g/mol. The number of morpholine rings is 1. The predicted octanol–water partition coefficient (Wildman–Crippen LogP) is 7.36. The molecule has 7 nitrogen and oxygen atoms in total. The fraction of sp³-hybridized carbons (Fsp3) is 0.194. The molecule has 1 aliphatic rings. The van der Waals surface area contributed by atoms with Crippen LogP contribution in [0.5, 0.6) is 0 Å². The third kappa shape index (κ3) is 5.17. The highest BCUT2D eigenvalue weighted by molar-refractivity contribution is 7.17. The van der Waals surface area contributed by atoms with Gasteiger partial charge < -0.3 is 19.5 Å². The summed E-state index contributed by atoms with van der Waals surface area (Å²) in [5.74, 6) is 1.09. The molecule has 6 aromatic rings. The van der Waals surface area contributed by atoms with Gasteiger partial charge in [0.15, 0.2) is 22.8 Å². The highest BCUT2D eigenvalue weighted by atomic mass is 32.1. The zero-order valence-electron chi connectivity index (χ0n) is 22.3. The van der Waals surface area contributed by atoms with Gasteiger partial charge in [0, 0.05) is 45.5 Å². The van der Waals surface area contributed by atoms with Crippen LogP contribution >= 0.6 is 11.3 Å². The molecular formula is C31H25F3N6OS. The van der Waals surface area contributed by atoms with Crippen LogP contribution in [0.25, 0.3) is 32.6 Å². The number of ether oxygens (including phenoxy) is 1. The van der Waals surface area contributed by atoms with E-state index < -0.39 is 11.7 Å². The Morgan fingerprint density at radius 1 is 0.905 bits per heavy atom. The number of rotatable bonds is 6. The van der Waals surface area contributed by atoms with Crippen LogP contribution in [0, 0.1) is 0 Å². The van der Waals surface area contributed by atoms with Crippen LogP contribution in [0.15, 0.2) is 84.5 Å². The summed E-state index contributed by atoms with van der Waals surface area (Å²) in [6.45, 7) is 3.45. The molecule has 212 valence electrons. The minimum atomic E-state index is -4.38. The number of hydrogen-bond donors (Lipinski definition) is 1. The van der Waals surface area contributed by atoms with Crippen molar-refractivity contribution < 1.29 is 17.9 Å². The van der Waals surface area contributed by atoms with Crippen LogP contribution < -0.4 is 10.2 Å². The Hall–Kier alpha value is -4.48. The van der Waals surface area contributed by atoms with E-state index in [9.17, 15) is 13.2 Å². The second kappa shape index (κ2) is 10.7. The van der Waals surface area contributed by atoms with Gasteiger partial charge in [0.25, 0.3) is 0 Å². The normalized spacial score (nSPS) is 14.1. The largest absolute Gasteiger partial charge is 0.416 e. The van der Waals surface area contributed by atoms with Crippen molar-refractivity contribution in [1.82, 2.24) is 19.5 Å². The van der Waals surface area contributed by atoms with Gasteiger partial charge in [-0.3, -0.25) is 0 Å². The number of benzene rings is 3. The number of halogens is 3. The highest BCUT2D eigenvalue weighted by Crippen LogP contribution is 2.35. The van der Waals surface area contributed by atoms with Crippen molar-refractivity contribution in [3.63, 3.8) is 0 Å². The number of anilines is 3. The molecule has 1 saturated heterocycles. The maximum atomic E-state index is 13.1. The summed E-state index contributed by atoms with van der Waals surface area (Å²) in [5.41, 5.74) is 4.07. The number of hydrogen-bond acceptors (Lipinski definition) is 7. The lowest BCUT2D eigenvalue weighted by Gasteiger charge is -2.28. The van der Waals surface area contributed by atoms with E-state index in [0.717, 1.165) is 52.2 Å². The summed E-state index contributed by atoms with van der Waals surface area (Å²) in [6, 6.07) is 21.4. The quantitative estimate of drug-likeness (QED) is 0.220. The molecule has 0 spiro atoms. The Kier molecular flexibility index (Phi) is 6.75. The molecule has 42 heavy (non-hydrogen) atoms. The van der Waals surface area contributed by atoms with Crippen molar-refractivity contribution in [2.24, 2.45) is 0 Å². The van der Waals surface area contributed by atoms with Crippen LogP contribution in [0.3, 0.4) is 0 Å². The lowest BCUT2D eigenvalue weighted by atomic mass is 10.1. The van der Waals surface area contributed by atoms with Crippen LogP contribution in [0.2, 0.25) is 0 Å². The zero-order chi connectivity index (χ0) is 28.7. The van der Waals surface area contributed by atoms with Crippen LogP contribution in [0.4, 0.5) is 30.4 Å². The molecule has 0 unspecified atom stereocenters. The van der Waals surface area contributed by atoms with Crippen molar-refractivity contribution >= 4 is 49.8 Å². The number of alkyl halides is 3. The molecule has 7 rings (SSSR count). The molecule has 0 atom stereocenters. The second-order valence-electron chi connectivity index (χ2n) is 10.1. The summed E-state index contributed by atoms with van der Waals surface area (Å²) >= 11 is 1.62. The minimum absolute atomic E-state index is 0.309. The van der Waals surface area contributed by atoms with Gasteiger partial charge in [-0.15, -0.1) is 11.3 Å². The average Bonchev–Trinajstić information content (AvgIpc) is 3.62. The smallest absolute Gasteiger partial charge is 0.378 e. The van der Waals surface area contributed by atoms with Crippen LogP contribution in [0.1, 0.15) is 11.1 Å². The highest BCUT2D eigenvalue weighted by Gasteiger charge is 2.30. The molecule has 4 heterocycles. The molecule has 0 radical (unpaired) electrons. The first-order valence-corrected chi connectivity index (χ1v) is 14.4. The van der Waals surface area contributed by atoms with E-state index in [1.807, 2.05) is 40.3 Å². The lowest BCUT2D eigenvalue weighted by Crippen LogP contribution is -2.36. The Morgan fingerprint density at radius 3 is 2.43 bits per heavy atom. The minimum Gasteiger partial charge on any atom is -0.378 e. The molecule has 1 aliphatic heterocycles. The van der Waals surface area contributed by atoms with E-state index in [1.165, 1.54) is 12.1 Å². The number of imidazole rings is 1. The van der Waals surface area contributed by atoms with Gasteiger partial charge in [0.2, 0.25) is 0 Å². The topological polar surface area (TPSA) is 68.1 Å². The molecule has 3 aromatic carbocycles. The van der Waals surface area contributed by atoms with Gasteiger partial charge >= 0.3 is 6.18 Å². The SMILES string of the molecule is FC(F)(F)c1ccc(Cn2cnc3c(Nc4ccc(N5CCOCC5)cc4)nc(-c4csc5ccccc45)nc32)cc1. The molecule has 3 aromatic heterocycles. The van der Waals surface area contributed by atoms with Crippen molar-refractivity contribution in [3.8, 4) is 11.4 Å². The van der Waals surface area contributed by atoms with Crippen molar-refractivity contribution in [2.45, 2.75) is 12.7 Å². The molecule has 0 aliphatic carbocycles. The van der Waals surface area contributed by atoms with Gasteiger partial charge in [0.05, 0.1) is 31.6 Å². The maximum Gasteiger partial charge on any atom is 0.416 e. The van der Waals surface area contributed by atoms with Gasteiger partial charge in [0.1, 0.15) is 0 Å². The number of fused-ring (bicyclic) bond motifs is 2. The molecule has 0 amide bonds. The first kappa shape index (κ1) is 26.4. The molecule has 1 N–H and O–H groups in total. The predicted molar refractivity (Wildman–Crippen MR) is 159 cm³/mol. The van der Waals surface area contributed by atoms with Crippen molar-refractivity contribution in [3.05, 3.63) is 95.6 Å². The van der Waals surface area contributed by atoms with E-state index in [0.29, 0.717) is 48.1 Å². The van der Waals surface area contributed by atoms with Gasteiger partial charge in [-0.05, 0) is 48.0 Å². The van der Waals surface area contributed by atoms with Gasteiger partial charge in [-0.1, -0.05) is 30.3 Å². The first-order valence-electron chi connectivity index (χ1n) is 13.5. The number of nitrogens with zero attached hydrogens (tertiary/aromatic N) is 5. The molecule has 11 heteroatoms. The van der Waals surface area contributed by atoms with E-state index in [1.54, 1.807) is 17.7 Å². The van der Waals surface area contributed by atoms with Crippen LogP contribution in [-0.4, -0.2) is 45.8 Å². The first-order chi connectivity index (χ1) is 20.4. The van der Waals surface area contributed by atoms with Crippen molar-refractivity contribution in [1.29, 1.82) is 0 Å². The average molecular weight is 587 g/mol. The lowest BCUT2D eigenvalue weighted by molar-refractivity contribution is -0.137. The van der Waals surface area contributed by atoms with Gasteiger partial charge in [-0.25, -0.2) is 15.0 Å². The summed E-state index contributed by atoms with van der Waals surface area (Å²) in [6.07, 6.45) is -2.73. The van der Waals surface area contributed by atoms with E-state index >= 15 is 0 Å². The zero-order valence-corrected chi connectivity index (χ0v) is 23.1. The fourth-order valence-corrected chi connectivity index (χ4v) is 6.07. The summed E-state index contributed by atoms with van der Waals surface area (Å²) in [7, 11) is 0. The fourth-order valence-electron chi connectivity index (χ4n) is 5.13. The van der Waals surface area contributed by atoms with Gasteiger partial charge in [-0.2, -0.15) is 13.2 Å². The number of nitrogens with one attached hydrogen (secondary N) is 1. The molecule has 0 bridgehead atoms. The number of thiophene rings is 1. The van der Waals surface area contributed by atoms with Crippen LogP contribution in [-0.2, 0) is 17.5 Å². The Balaban J connectivity index is 1.27. The Bertz CT molecular complexity index is 1860. The van der Waals surface area contributed by atoms with Crippen molar-refractivity contribution in [2.75, 3.05) is 36.5 Å². The summed E-state index contributed by atoms with van der Waals surface area (Å²) < 4.78 is 47.7.